The van der Waals surface area contributed by atoms with Gasteiger partial charge in [-0.25, -0.2) is 4.39 Å². The average molecular weight is 142 g/mol. The molecule has 4 heteroatoms. The van der Waals surface area contributed by atoms with E-state index in [0.29, 0.717) is 0 Å². The molecule has 1 aliphatic rings. The monoisotopic (exact) mass is 142 g/mol. The second-order valence-corrected chi connectivity index (χ2v) is 3.05. The van der Waals surface area contributed by atoms with Crippen molar-refractivity contribution in [3.63, 3.8) is 0 Å². The second-order valence-electron chi connectivity index (χ2n) is 1.70. The van der Waals surface area contributed by atoms with Gasteiger partial charge in [-0.3, -0.25) is 0 Å². The fourth-order valence-electron chi connectivity index (χ4n) is 0.586. The van der Waals surface area contributed by atoms with Gasteiger partial charge in [-0.15, -0.1) is 0 Å². The highest BCUT2D eigenvalue weighted by Crippen LogP contribution is 2.45. The first-order valence-corrected chi connectivity index (χ1v) is 3.18. The third kappa shape index (κ3) is 1.31. The van der Waals surface area contributed by atoms with E-state index in [-0.39, 0.29) is 24.6 Å². The lowest BCUT2D eigenvalue weighted by atomic mass is 10.3. The highest BCUT2D eigenvalue weighted by molar-refractivity contribution is 8.01. The van der Waals surface area contributed by atoms with Crippen LogP contribution in [0.1, 0.15) is 12.8 Å². The van der Waals surface area contributed by atoms with Crippen molar-refractivity contribution in [2.75, 3.05) is 0 Å². The van der Waals surface area contributed by atoms with E-state index in [0.717, 1.165) is 0 Å². The molecular weight excluding hydrogens is 137 g/mol. The van der Waals surface area contributed by atoms with Gasteiger partial charge in [-0.1, -0.05) is 11.8 Å². The Labute approximate surface area is 49.4 Å². The topological polar surface area (TPSA) is 0 Å². The van der Waals surface area contributed by atoms with Gasteiger partial charge in [0.2, 0.25) is 0 Å². The summed E-state index contributed by atoms with van der Waals surface area (Å²) in [5.74, 6) is 0. The van der Waals surface area contributed by atoms with Crippen molar-refractivity contribution in [2.45, 2.75) is 23.6 Å². The maximum atomic E-state index is 11.9. The summed E-state index contributed by atoms with van der Waals surface area (Å²) in [6.45, 7) is 0. The Balaban J connectivity index is 2.44. The van der Waals surface area contributed by atoms with Gasteiger partial charge in [0.05, 0.1) is 0 Å². The molecule has 0 N–H and O–H groups in total. The van der Waals surface area contributed by atoms with E-state index in [9.17, 15) is 13.2 Å². The van der Waals surface area contributed by atoms with E-state index in [2.05, 4.69) is 0 Å². The van der Waals surface area contributed by atoms with Crippen LogP contribution in [0, 0.1) is 0 Å². The Morgan fingerprint density at radius 1 is 1.50 bits per heavy atom. The molecule has 48 valence electrons. The third-order valence-electron chi connectivity index (χ3n) is 0.963. The Morgan fingerprint density at radius 3 is 2.25 bits per heavy atom. The molecule has 0 nitrogen and oxygen atoms in total. The van der Waals surface area contributed by atoms with Gasteiger partial charge in [0.15, 0.2) is 5.50 Å². The highest BCUT2D eigenvalue weighted by Gasteiger charge is 2.40. The molecule has 1 fully saturated rings. The van der Waals surface area contributed by atoms with Crippen molar-refractivity contribution in [1.29, 1.82) is 0 Å². The number of hydrogen-bond donors (Lipinski definition) is 0. The molecule has 1 atom stereocenters. The van der Waals surface area contributed by atoms with Crippen molar-refractivity contribution < 1.29 is 13.2 Å². The van der Waals surface area contributed by atoms with Crippen molar-refractivity contribution in [3.05, 3.63) is 0 Å². The molecule has 1 heterocycles. The number of alkyl halides is 3. The fraction of sp³-hybridized carbons (Fsp3) is 1.00. The molecule has 8 heavy (non-hydrogen) atoms. The largest absolute Gasteiger partial charge is 0.296 e. The zero-order chi connectivity index (χ0) is 6.20. The zero-order valence-corrected chi connectivity index (χ0v) is 4.85. The summed E-state index contributed by atoms with van der Waals surface area (Å²) in [4.78, 5) is 0. The van der Waals surface area contributed by atoms with Crippen molar-refractivity contribution in [2.24, 2.45) is 0 Å². The minimum Gasteiger partial charge on any atom is -0.235 e. The first-order chi connectivity index (χ1) is 3.60. The van der Waals surface area contributed by atoms with Crippen LogP contribution in [0.5, 0.6) is 0 Å². The summed E-state index contributed by atoms with van der Waals surface area (Å²) in [5.41, 5.74) is -1.34. The molecule has 0 aromatic rings. The van der Waals surface area contributed by atoms with Crippen LogP contribution in [0.3, 0.4) is 0 Å². The first-order valence-electron chi connectivity index (χ1n) is 2.30. The van der Waals surface area contributed by atoms with E-state index >= 15 is 0 Å². The summed E-state index contributed by atoms with van der Waals surface area (Å²) < 4.78 is 35.7. The van der Waals surface area contributed by atoms with E-state index in [1.165, 1.54) is 0 Å². The van der Waals surface area contributed by atoms with Crippen LogP contribution < -0.4 is 0 Å². The van der Waals surface area contributed by atoms with Crippen LogP contribution in [0.25, 0.3) is 0 Å². The first kappa shape index (κ1) is 6.26. The molecule has 1 rings (SSSR count). The van der Waals surface area contributed by atoms with E-state index in [1.807, 2.05) is 0 Å². The number of halogens is 3. The van der Waals surface area contributed by atoms with Gasteiger partial charge in [0.1, 0.15) is 0 Å². The van der Waals surface area contributed by atoms with Crippen LogP contribution >= 0.6 is 11.8 Å². The number of rotatable bonds is 0. The van der Waals surface area contributed by atoms with Crippen LogP contribution in [0.4, 0.5) is 13.2 Å². The summed E-state index contributed by atoms with van der Waals surface area (Å²) in [5, 5.41) is -2.79. The van der Waals surface area contributed by atoms with Crippen LogP contribution in [0.15, 0.2) is 0 Å². The molecule has 1 saturated heterocycles. The van der Waals surface area contributed by atoms with Crippen molar-refractivity contribution >= 4 is 11.8 Å². The molecule has 0 aliphatic carbocycles. The standard InChI is InChI=1S/C4H5F3S/c5-3-1-2-4(6,7)8-3/h3H,1-2H2. The van der Waals surface area contributed by atoms with Gasteiger partial charge in [0, 0.05) is 6.42 Å². The van der Waals surface area contributed by atoms with E-state index in [4.69, 9.17) is 0 Å². The Hall–Kier alpha value is 0.140. The Bertz CT molecular complexity index is 93.3. The zero-order valence-electron chi connectivity index (χ0n) is 4.03. The third-order valence-corrected chi connectivity index (χ3v) is 2.00. The quantitative estimate of drug-likeness (QED) is 0.500. The van der Waals surface area contributed by atoms with Gasteiger partial charge >= 0.3 is 0 Å². The minimum atomic E-state index is -2.79. The predicted molar refractivity (Wildman–Crippen MR) is 26.7 cm³/mol. The molecular formula is C4H5F3S. The van der Waals surface area contributed by atoms with E-state index in [1.54, 1.807) is 0 Å². The molecule has 1 aliphatic heterocycles. The SMILES string of the molecule is FC1CCC(F)(F)S1. The molecule has 0 spiro atoms. The van der Waals surface area contributed by atoms with Gasteiger partial charge < -0.3 is 0 Å². The lowest BCUT2D eigenvalue weighted by Crippen LogP contribution is -2.01. The number of thioether (sulfide) groups is 1. The maximum absolute atomic E-state index is 11.9. The van der Waals surface area contributed by atoms with Crippen molar-refractivity contribution in [1.82, 2.24) is 0 Å². The van der Waals surface area contributed by atoms with Gasteiger partial charge in [-0.05, 0) is 6.42 Å². The summed E-state index contributed by atoms with van der Waals surface area (Å²) in [6.07, 6.45) is -0.309. The normalized spacial score (nSPS) is 35.6. The van der Waals surface area contributed by atoms with Crippen molar-refractivity contribution in [3.8, 4) is 0 Å². The van der Waals surface area contributed by atoms with Crippen LogP contribution in [-0.4, -0.2) is 10.8 Å². The fourth-order valence-corrected chi connectivity index (χ4v) is 1.43. The summed E-state index contributed by atoms with van der Waals surface area (Å²) in [7, 11) is 0. The summed E-state index contributed by atoms with van der Waals surface area (Å²) >= 11 is 0.123. The Morgan fingerprint density at radius 2 is 2.12 bits per heavy atom. The minimum absolute atomic E-state index is 0.00231. The van der Waals surface area contributed by atoms with E-state index < -0.39 is 10.8 Å². The second kappa shape index (κ2) is 1.83. The van der Waals surface area contributed by atoms with Crippen LogP contribution in [0.2, 0.25) is 0 Å². The highest BCUT2D eigenvalue weighted by atomic mass is 32.2. The average Bonchev–Trinajstić information content (AvgIpc) is 1.82. The molecule has 0 saturated carbocycles. The molecule has 1 unspecified atom stereocenters. The Kier molecular flexibility index (Phi) is 1.43. The number of hydrogen-bond acceptors (Lipinski definition) is 1. The van der Waals surface area contributed by atoms with Gasteiger partial charge in [-0.2, -0.15) is 8.78 Å². The smallest absolute Gasteiger partial charge is 0.235 e. The lowest BCUT2D eigenvalue weighted by Gasteiger charge is -2.02. The lowest BCUT2D eigenvalue weighted by molar-refractivity contribution is 0.103. The van der Waals surface area contributed by atoms with Crippen LogP contribution in [-0.2, 0) is 0 Å². The molecule has 0 aromatic carbocycles. The van der Waals surface area contributed by atoms with Gasteiger partial charge in [0.25, 0.3) is 5.25 Å². The molecule has 0 amide bonds. The molecule has 0 aromatic heterocycles. The molecule has 0 radical (unpaired) electrons. The summed E-state index contributed by atoms with van der Waals surface area (Å²) in [6, 6.07) is 0. The predicted octanol–water partition coefficient (Wildman–Crippen LogP) is 2.40. The molecule has 0 bridgehead atoms. The maximum Gasteiger partial charge on any atom is 0.296 e.